The maximum Gasteiger partial charge on any atom is 0.473 e. The first-order valence-corrected chi connectivity index (χ1v) is 38.2. The van der Waals surface area contributed by atoms with Crippen molar-refractivity contribution in [3.8, 4) is 0 Å². The van der Waals surface area contributed by atoms with Crippen LogP contribution in [0.5, 0.6) is 0 Å². The second-order valence-electron chi connectivity index (χ2n) is 25.0. The number of hydroxylamine groups is 4. The summed E-state index contributed by atoms with van der Waals surface area (Å²) in [6.45, 7) is 15.7. The molecule has 0 spiro atoms. The Hall–Kier alpha value is -8.15. The predicted molar refractivity (Wildman–Crippen MR) is 400 cm³/mol. The van der Waals surface area contributed by atoms with E-state index in [0.717, 1.165) is 12.9 Å². The first-order valence-electron chi connectivity index (χ1n) is 31.4. The van der Waals surface area contributed by atoms with E-state index < -0.39 is 92.9 Å². The van der Waals surface area contributed by atoms with Gasteiger partial charge in [0.1, 0.15) is 36.4 Å². The van der Waals surface area contributed by atoms with Gasteiger partial charge in [-0.15, -0.1) is 12.4 Å². The molecular weight excluding hydrogens is 1650 g/mol. The van der Waals surface area contributed by atoms with E-state index in [9.17, 15) is 66.0 Å². The average Bonchev–Trinajstić information content (AvgIpc) is 1.50. The zero-order chi connectivity index (χ0) is 83.7. The molecule has 0 saturated heterocycles. The Morgan fingerprint density at radius 2 is 0.712 bits per heavy atom. The molecular formula is C58H86BCl4F3N18O23S4. The highest BCUT2D eigenvalue weighted by Gasteiger charge is 2.39. The van der Waals surface area contributed by atoms with E-state index >= 15 is 0 Å². The highest BCUT2D eigenvalue weighted by molar-refractivity contribution is 8.14. The molecule has 0 unspecified atom stereocenters. The van der Waals surface area contributed by atoms with Gasteiger partial charge in [-0.3, -0.25) is 24.1 Å². The Bertz CT molecular complexity index is 4850. The Labute approximate surface area is 660 Å². The predicted octanol–water partition coefficient (Wildman–Crippen LogP) is 6.71. The van der Waals surface area contributed by atoms with Gasteiger partial charge in [0.25, 0.3) is 9.05 Å². The van der Waals surface area contributed by atoms with Crippen LogP contribution in [0.15, 0.2) is 86.6 Å². The number of ether oxygens (including phenoxy) is 3. The van der Waals surface area contributed by atoms with Gasteiger partial charge < -0.3 is 29.3 Å². The summed E-state index contributed by atoms with van der Waals surface area (Å²) in [5.41, 5.74) is 8.15. The number of likely N-dealkylation sites (N-methyl/N-ethyl adjacent to an activating group) is 4. The lowest BCUT2D eigenvalue weighted by Crippen LogP contribution is -2.39. The monoisotopic (exact) mass is 1740 g/mol. The number of anilines is 2. The molecule has 8 rings (SSSR count). The van der Waals surface area contributed by atoms with Crippen molar-refractivity contribution in [1.82, 2.24) is 81.4 Å². The van der Waals surface area contributed by atoms with Crippen molar-refractivity contribution in [2.45, 2.75) is 112 Å². The molecule has 0 aliphatic heterocycles. The van der Waals surface area contributed by atoms with E-state index in [1.165, 1.54) is 69.1 Å². The largest absolute Gasteiger partial charge is 0.473 e. The van der Waals surface area contributed by atoms with Gasteiger partial charge in [0, 0.05) is 94.6 Å². The molecule has 0 aliphatic rings. The summed E-state index contributed by atoms with van der Waals surface area (Å²) in [6.07, 6.45) is -7.19. The summed E-state index contributed by atoms with van der Waals surface area (Å²) >= 11 is 11.7. The normalized spacial score (nSPS) is 12.0. The van der Waals surface area contributed by atoms with E-state index in [-0.39, 0.29) is 121 Å². The number of amides is 4. The highest BCUT2D eigenvalue weighted by Crippen LogP contribution is 2.33. The van der Waals surface area contributed by atoms with Gasteiger partial charge in [-0.05, 0) is 160 Å². The SMILES string of the molecule is C.CN(C)c1ccc(S(=O)(=O)N(C)CCONC(=O)C(F)(F)F)c2nonc12.CN(C)c1ccc(S(=O)(=O)N(C)CCONC(=O)OC(C)(C)C)c2nonc12.CN(CCONC(=O)OC(C)(C)C)S(=O)(=O)c1ccc(Cl)c2nonc12.CNCCONC(=O)OC(C)(C)C.Cl.O=S(=O)(Cl)c1ccc(Cl)c2nonc12.[2H][B]. The maximum atomic E-state index is 12.9. The number of benzene rings is 4. The zero-order valence-electron chi connectivity index (χ0n) is 62.9. The van der Waals surface area contributed by atoms with Gasteiger partial charge in [0.2, 0.25) is 30.1 Å². The quantitative estimate of drug-likeness (QED) is 0.0130. The molecule has 4 heterocycles. The third kappa shape index (κ3) is 30.7. The van der Waals surface area contributed by atoms with Gasteiger partial charge in [-0.2, -0.15) is 42.5 Å². The lowest BCUT2D eigenvalue weighted by atomic mass is 10.2. The third-order valence-corrected chi connectivity index (χ3v) is 20.4. The summed E-state index contributed by atoms with van der Waals surface area (Å²) in [6, 6.07) is 11.3. The van der Waals surface area contributed by atoms with E-state index in [0.29, 0.717) is 30.0 Å². The molecule has 0 fully saturated rings. The molecule has 41 nitrogen and oxygen atoms in total. The molecule has 4 aromatic heterocycles. The molecule has 0 bridgehead atoms. The van der Waals surface area contributed by atoms with Gasteiger partial charge in [0.05, 0.1) is 47.8 Å². The summed E-state index contributed by atoms with van der Waals surface area (Å²) in [5, 5.41) is 32.3. The van der Waals surface area contributed by atoms with Crippen LogP contribution in [0.25, 0.3) is 44.1 Å². The van der Waals surface area contributed by atoms with Crippen LogP contribution < -0.4 is 37.0 Å². The molecule has 4 amide bonds. The van der Waals surface area contributed by atoms with Gasteiger partial charge in [-0.25, -0.2) is 72.1 Å². The molecule has 5 N–H and O–H groups in total. The number of sulfonamides is 3. The fourth-order valence-corrected chi connectivity index (χ4v) is 12.9. The number of carbonyl (C=O) groups is 4. The smallest absolute Gasteiger partial charge is 0.442 e. The van der Waals surface area contributed by atoms with Gasteiger partial charge in [-0.1, -0.05) is 30.6 Å². The van der Waals surface area contributed by atoms with Crippen molar-refractivity contribution in [3.63, 3.8) is 0 Å². The van der Waals surface area contributed by atoms with Crippen molar-refractivity contribution in [2.24, 2.45) is 0 Å². The minimum atomic E-state index is -5.10. The van der Waals surface area contributed by atoms with Crippen LogP contribution in [0.2, 0.25) is 10.0 Å². The molecule has 622 valence electrons. The van der Waals surface area contributed by atoms with Crippen LogP contribution in [0.3, 0.4) is 0 Å². The fraction of sp³-hybridized carbons (Fsp3) is 0.517. The Balaban J connectivity index is 0.000000712. The van der Waals surface area contributed by atoms with E-state index in [4.69, 9.17) is 68.6 Å². The van der Waals surface area contributed by atoms with Crippen molar-refractivity contribution < 1.29 is 118 Å². The number of fused-ring (bicyclic) bond motifs is 4. The van der Waals surface area contributed by atoms with Crippen LogP contribution in [-0.2, 0) is 77.5 Å². The Morgan fingerprint density at radius 3 is 1.00 bits per heavy atom. The molecule has 53 heteroatoms. The topological polar surface area (TPSA) is 501 Å². The van der Waals surface area contributed by atoms with Crippen molar-refractivity contribution in [1.29, 1.82) is 1.34 Å². The number of nitrogens with zero attached hydrogens (tertiary/aromatic N) is 13. The number of carbonyl (C=O) groups excluding carboxylic acids is 4. The first-order chi connectivity index (χ1) is 50.9. The number of hydrogen-bond donors (Lipinski definition) is 5. The summed E-state index contributed by atoms with van der Waals surface area (Å²) in [4.78, 5) is 66.6. The minimum Gasteiger partial charge on any atom is -0.442 e. The maximum absolute atomic E-state index is 12.9. The zero-order valence-corrected chi connectivity index (χ0v) is 68.2. The van der Waals surface area contributed by atoms with Gasteiger partial charge in [0.15, 0.2) is 44.1 Å². The third-order valence-electron chi connectivity index (χ3n) is 12.7. The molecule has 4 aromatic carbocycles. The first kappa shape index (κ1) is 98.9. The number of aromatic nitrogens is 8. The number of nitrogens with one attached hydrogen (secondary N) is 5. The minimum absolute atomic E-state index is 0. The number of alkyl halides is 3. The van der Waals surface area contributed by atoms with Gasteiger partial charge >= 0.3 is 30.4 Å². The van der Waals surface area contributed by atoms with Crippen molar-refractivity contribution in [2.75, 3.05) is 119 Å². The van der Waals surface area contributed by atoms with Crippen LogP contribution in [0.4, 0.5) is 38.9 Å². The van der Waals surface area contributed by atoms with Crippen molar-refractivity contribution >= 4 is 173 Å². The molecule has 111 heavy (non-hydrogen) atoms. The lowest BCUT2D eigenvalue weighted by Gasteiger charge is -2.20. The molecule has 2 radical (unpaired) electrons. The summed E-state index contributed by atoms with van der Waals surface area (Å²) < 4.78 is 176. The van der Waals surface area contributed by atoms with E-state index in [2.05, 4.69) is 90.1 Å². The van der Waals surface area contributed by atoms with Crippen LogP contribution in [-0.4, -0.2) is 254 Å². The Morgan fingerprint density at radius 1 is 0.450 bits per heavy atom. The van der Waals surface area contributed by atoms with Crippen LogP contribution in [0.1, 0.15) is 69.7 Å². The fourth-order valence-electron chi connectivity index (χ4n) is 7.77. The molecule has 0 aliphatic carbocycles. The van der Waals surface area contributed by atoms with Crippen molar-refractivity contribution in [3.05, 3.63) is 58.6 Å². The number of rotatable bonds is 25. The highest BCUT2D eigenvalue weighted by atomic mass is 35.7. The summed E-state index contributed by atoms with van der Waals surface area (Å²) in [5.74, 6) is -2.29. The number of halogens is 7. The molecule has 0 saturated carbocycles. The lowest BCUT2D eigenvalue weighted by molar-refractivity contribution is -0.186. The molecule has 8 aromatic rings. The van der Waals surface area contributed by atoms with Crippen LogP contribution >= 0.6 is 46.3 Å². The standard InChI is InChI=1S/C16H25N5O6S.C14H19ClN4O6S.C13H16F3N5O5S.C8H18N2O3.C6H2Cl2N2O3S.CH4.BH.ClH/c1-16(2,3)26-15(22)19-25-10-9-21(6)28(23,24)12-8-7-11(20(4)5)13-14(12)18-27-17-13;1-14(2,3)24-13(20)18-23-8-7-19(4)26(21,22)10-6-5-9(15)11-12(10)17-25-16-11;1-20(2)8-4-5-9(11-10(8)17-26-18-11)27(23,24)21(3)6-7-25-19-12(22)13(14,15)16;1-8(2,3)13-7(11)10-12-6-5-9-4;7-3-1-2-4(14(8,11)12)6-5(3)9-13-10-6;;;/h7-8H,9-10H2,1-6H3,(H,19,22);5-6H,7-8H2,1-4H3,(H,18,20);4-5H,6-7H2,1-3H3,(H,19,22);9H,5-6H2,1-4H3,(H,10,11);1-2H;1H4;2*1H/i;;;;;;1D;. The summed E-state index contributed by atoms with van der Waals surface area (Å²) in [7, 11) is 6.04. The van der Waals surface area contributed by atoms with E-state index in [1.807, 2.05) is 0 Å². The average molecular weight is 1740 g/mol. The van der Waals surface area contributed by atoms with Crippen LogP contribution in [0, 0.1) is 0 Å². The van der Waals surface area contributed by atoms with E-state index in [1.54, 1.807) is 113 Å². The Kier molecular flexibility index (Phi) is 38.5. The second kappa shape index (κ2) is 43.2. The molecule has 0 atom stereocenters. The number of hydrogen-bond acceptors (Lipinski definition) is 34. The second-order valence-corrected chi connectivity index (χ2v) is 34.4.